The first-order chi connectivity index (χ1) is 15.8. The van der Waals surface area contributed by atoms with E-state index in [1.165, 1.54) is 31.5 Å². The summed E-state index contributed by atoms with van der Waals surface area (Å²) in [5, 5.41) is 12.0. The molecular formula is C23H16ClN3O5S. The highest BCUT2D eigenvalue weighted by Crippen LogP contribution is 2.28. The molecule has 0 fully saturated rings. The van der Waals surface area contributed by atoms with Crippen molar-refractivity contribution in [2.45, 2.75) is 10.6 Å². The Kier molecular flexibility index (Phi) is 6.05. The van der Waals surface area contributed by atoms with Gasteiger partial charge in [0.05, 0.1) is 28.2 Å². The summed E-state index contributed by atoms with van der Waals surface area (Å²) in [5.74, 6) is 5.32. The largest absolute Gasteiger partial charge is 0.495 e. The topological polar surface area (TPSA) is 104 Å². The first-order valence-electron chi connectivity index (χ1n) is 9.58. The number of ether oxygens (including phenoxy) is 1. The first kappa shape index (κ1) is 22.3. The van der Waals surface area contributed by atoms with Crippen molar-refractivity contribution in [1.29, 1.82) is 0 Å². The number of para-hydroxylation sites is 1. The van der Waals surface area contributed by atoms with Crippen molar-refractivity contribution in [3.8, 4) is 17.6 Å². The molecule has 33 heavy (non-hydrogen) atoms. The molecule has 0 N–H and O–H groups in total. The molecule has 0 saturated heterocycles. The van der Waals surface area contributed by atoms with Crippen LogP contribution >= 0.6 is 11.6 Å². The molecule has 2 aromatic heterocycles. The summed E-state index contributed by atoms with van der Waals surface area (Å²) in [5.41, 5.74) is 0.837. The van der Waals surface area contributed by atoms with Crippen LogP contribution in [-0.2, 0) is 15.6 Å². The van der Waals surface area contributed by atoms with Crippen LogP contribution in [0, 0.1) is 22.0 Å². The Hall–Kier alpha value is -3.87. The number of nitrogens with zero attached hydrogens (tertiary/aromatic N) is 3. The number of sulfone groups is 1. The van der Waals surface area contributed by atoms with E-state index in [1.807, 2.05) is 0 Å². The Labute approximate surface area is 194 Å². The second-order valence-corrected chi connectivity index (χ2v) is 9.35. The molecule has 0 spiro atoms. The van der Waals surface area contributed by atoms with E-state index in [4.69, 9.17) is 16.3 Å². The average molecular weight is 482 g/mol. The number of aromatic nitrogens is 2. The molecule has 0 unspecified atom stereocenters. The van der Waals surface area contributed by atoms with Crippen molar-refractivity contribution >= 4 is 32.9 Å². The lowest BCUT2D eigenvalue weighted by Crippen LogP contribution is -2.07. The SMILES string of the molecule is COc1ccccc1C#Cc1cc(Cl)cn2c([N+](=O)[O-])c(CS(=O)(=O)c3ccccc3)nc12. The predicted molar refractivity (Wildman–Crippen MR) is 123 cm³/mol. The number of pyridine rings is 1. The zero-order valence-electron chi connectivity index (χ0n) is 17.2. The minimum absolute atomic E-state index is 0.0468. The van der Waals surface area contributed by atoms with Crippen LogP contribution in [0.3, 0.4) is 0 Å². The Morgan fingerprint density at radius 2 is 1.76 bits per heavy atom. The molecule has 0 aliphatic carbocycles. The summed E-state index contributed by atoms with van der Waals surface area (Å²) >= 11 is 6.20. The minimum atomic E-state index is -3.87. The molecule has 0 atom stereocenters. The number of halogens is 1. The maximum Gasteiger partial charge on any atom is 0.352 e. The van der Waals surface area contributed by atoms with E-state index in [2.05, 4.69) is 16.8 Å². The van der Waals surface area contributed by atoms with Crippen LogP contribution in [0.4, 0.5) is 5.82 Å². The summed E-state index contributed by atoms with van der Waals surface area (Å²) in [6, 6.07) is 16.3. The van der Waals surface area contributed by atoms with E-state index in [0.29, 0.717) is 16.9 Å². The van der Waals surface area contributed by atoms with Crippen molar-refractivity contribution in [2.75, 3.05) is 7.11 Å². The van der Waals surface area contributed by atoms with Crippen molar-refractivity contribution < 1.29 is 18.1 Å². The summed E-state index contributed by atoms with van der Waals surface area (Å²) in [6.07, 6.45) is 1.31. The van der Waals surface area contributed by atoms with Gasteiger partial charge in [-0.1, -0.05) is 53.8 Å². The quantitative estimate of drug-likeness (QED) is 0.239. The molecule has 4 rings (SSSR count). The van der Waals surface area contributed by atoms with Crippen molar-refractivity contribution in [2.24, 2.45) is 0 Å². The van der Waals surface area contributed by atoms with E-state index in [9.17, 15) is 18.5 Å². The lowest BCUT2D eigenvalue weighted by molar-refractivity contribution is -0.391. The van der Waals surface area contributed by atoms with Gasteiger partial charge in [0.15, 0.2) is 15.5 Å². The Balaban J connectivity index is 1.87. The fourth-order valence-electron chi connectivity index (χ4n) is 3.30. The smallest absolute Gasteiger partial charge is 0.352 e. The van der Waals surface area contributed by atoms with E-state index >= 15 is 0 Å². The normalized spacial score (nSPS) is 11.1. The number of hydrogen-bond acceptors (Lipinski definition) is 6. The number of methoxy groups -OCH3 is 1. The summed E-state index contributed by atoms with van der Waals surface area (Å²) in [7, 11) is -2.35. The Morgan fingerprint density at radius 1 is 1.09 bits per heavy atom. The molecule has 0 aliphatic heterocycles. The third-order valence-electron chi connectivity index (χ3n) is 4.77. The molecule has 0 aliphatic rings. The molecule has 0 bridgehead atoms. The van der Waals surface area contributed by atoms with Crippen molar-refractivity contribution in [1.82, 2.24) is 9.38 Å². The molecule has 8 nitrogen and oxygen atoms in total. The third kappa shape index (κ3) is 4.53. The maximum atomic E-state index is 12.8. The second-order valence-electron chi connectivity index (χ2n) is 6.93. The summed E-state index contributed by atoms with van der Waals surface area (Å²) in [6.45, 7) is 0. The van der Waals surface area contributed by atoms with Crippen LogP contribution in [0.2, 0.25) is 5.02 Å². The van der Waals surface area contributed by atoms with Crippen LogP contribution in [0.5, 0.6) is 5.75 Å². The van der Waals surface area contributed by atoms with Crippen LogP contribution in [0.25, 0.3) is 5.65 Å². The van der Waals surface area contributed by atoms with Gasteiger partial charge in [-0.3, -0.25) is 0 Å². The van der Waals surface area contributed by atoms with Gasteiger partial charge in [-0.15, -0.1) is 0 Å². The molecule has 2 heterocycles. The fourth-order valence-corrected chi connectivity index (χ4v) is 4.80. The number of imidazole rings is 1. The Morgan fingerprint density at radius 3 is 2.45 bits per heavy atom. The summed E-state index contributed by atoms with van der Waals surface area (Å²) in [4.78, 5) is 15.5. The van der Waals surface area contributed by atoms with Crippen LogP contribution < -0.4 is 4.74 Å². The molecular weight excluding hydrogens is 466 g/mol. The lowest BCUT2D eigenvalue weighted by atomic mass is 10.2. The highest BCUT2D eigenvalue weighted by atomic mass is 35.5. The number of hydrogen-bond donors (Lipinski definition) is 0. The molecule has 0 radical (unpaired) electrons. The van der Waals surface area contributed by atoms with Gasteiger partial charge in [-0.05, 0) is 35.3 Å². The van der Waals surface area contributed by atoms with Gasteiger partial charge in [0.1, 0.15) is 17.7 Å². The molecule has 166 valence electrons. The predicted octanol–water partition coefficient (Wildman–Crippen LogP) is 4.28. The second kappa shape index (κ2) is 8.94. The lowest BCUT2D eigenvalue weighted by Gasteiger charge is -2.02. The van der Waals surface area contributed by atoms with Crippen molar-refractivity contribution in [3.05, 3.63) is 98.8 Å². The third-order valence-corrected chi connectivity index (χ3v) is 6.62. The Bertz CT molecular complexity index is 1540. The van der Waals surface area contributed by atoms with Gasteiger partial charge < -0.3 is 14.9 Å². The van der Waals surface area contributed by atoms with Gasteiger partial charge in [-0.25, -0.2) is 13.4 Å². The van der Waals surface area contributed by atoms with Gasteiger partial charge >= 0.3 is 5.82 Å². The van der Waals surface area contributed by atoms with Gasteiger partial charge in [0.2, 0.25) is 5.65 Å². The maximum absolute atomic E-state index is 12.8. The van der Waals surface area contributed by atoms with E-state index < -0.39 is 26.3 Å². The number of benzene rings is 2. The van der Waals surface area contributed by atoms with E-state index in [0.717, 1.165) is 4.40 Å². The standard InChI is InChI=1S/C23H16ClN3O5S/c1-32-21-10-6-5-7-16(21)11-12-17-13-18(24)14-26-22(17)25-20(23(26)27(28)29)15-33(30,31)19-8-3-2-4-9-19/h2-10,13-14H,15H2,1H3. The van der Waals surface area contributed by atoms with E-state index in [1.54, 1.807) is 42.5 Å². The van der Waals surface area contributed by atoms with Gasteiger partial charge in [0.25, 0.3) is 0 Å². The van der Waals surface area contributed by atoms with Crippen LogP contribution in [-0.4, -0.2) is 29.8 Å². The number of nitro groups is 1. The van der Waals surface area contributed by atoms with Gasteiger partial charge in [0, 0.05) is 0 Å². The van der Waals surface area contributed by atoms with E-state index in [-0.39, 0.29) is 21.3 Å². The first-order valence-corrected chi connectivity index (χ1v) is 11.6. The molecule has 2 aromatic carbocycles. The summed E-state index contributed by atoms with van der Waals surface area (Å²) < 4.78 is 32.1. The molecule has 0 amide bonds. The minimum Gasteiger partial charge on any atom is -0.495 e. The number of fused-ring (bicyclic) bond motifs is 1. The zero-order chi connectivity index (χ0) is 23.6. The van der Waals surface area contributed by atoms with Crippen molar-refractivity contribution in [3.63, 3.8) is 0 Å². The zero-order valence-corrected chi connectivity index (χ0v) is 18.8. The highest BCUT2D eigenvalue weighted by Gasteiger charge is 2.29. The monoisotopic (exact) mass is 481 g/mol. The van der Waals surface area contributed by atoms with Crippen LogP contribution in [0.15, 0.2) is 71.8 Å². The molecule has 10 heteroatoms. The molecule has 4 aromatic rings. The average Bonchev–Trinajstić information content (AvgIpc) is 3.15. The highest BCUT2D eigenvalue weighted by molar-refractivity contribution is 7.90. The fraction of sp³-hybridized carbons (Fsp3) is 0.0870. The van der Waals surface area contributed by atoms with Crippen LogP contribution in [0.1, 0.15) is 16.8 Å². The van der Waals surface area contributed by atoms with Gasteiger partial charge in [-0.2, -0.15) is 4.40 Å². The molecule has 0 saturated carbocycles. The number of rotatable bonds is 5.